The number of hydrogen-bond donors (Lipinski definition) is 2. The largest absolute Gasteiger partial charge is 0.492 e. The van der Waals surface area contributed by atoms with E-state index in [-0.39, 0.29) is 0 Å². The van der Waals surface area contributed by atoms with Crippen LogP contribution in [0.1, 0.15) is 32.3 Å². The molecule has 0 aliphatic carbocycles. The van der Waals surface area contributed by atoms with Gasteiger partial charge in [0.15, 0.2) is 0 Å². The minimum Gasteiger partial charge on any atom is -0.492 e. The van der Waals surface area contributed by atoms with Crippen molar-refractivity contribution in [1.29, 1.82) is 0 Å². The number of nitrogens with two attached hydrogens (primary N) is 1. The first-order chi connectivity index (χ1) is 10.2. The van der Waals surface area contributed by atoms with Crippen LogP contribution >= 0.6 is 0 Å². The van der Waals surface area contributed by atoms with Gasteiger partial charge in [0.05, 0.1) is 13.2 Å². The van der Waals surface area contributed by atoms with Crippen molar-refractivity contribution in [2.24, 2.45) is 5.73 Å². The monoisotopic (exact) mass is 291 g/mol. The lowest BCUT2D eigenvalue weighted by atomic mass is 9.95. The molecule has 0 unspecified atom stereocenters. The molecule has 21 heavy (non-hydrogen) atoms. The van der Waals surface area contributed by atoms with Gasteiger partial charge in [-0.2, -0.15) is 0 Å². The van der Waals surface area contributed by atoms with Crippen LogP contribution in [0.5, 0.6) is 5.75 Å². The van der Waals surface area contributed by atoms with E-state index in [1.807, 2.05) is 38.1 Å². The number of aliphatic hydroxyl groups is 1. The highest BCUT2D eigenvalue weighted by molar-refractivity contribution is 5.41. The molecule has 1 aliphatic rings. The molecule has 0 spiro atoms. The maximum Gasteiger partial charge on any atom is 0.130 e. The minimum absolute atomic E-state index is 0.482. The highest BCUT2D eigenvalue weighted by atomic mass is 16.5. The van der Waals surface area contributed by atoms with Crippen molar-refractivity contribution in [3.05, 3.63) is 29.8 Å². The lowest BCUT2D eigenvalue weighted by Crippen LogP contribution is -2.34. The molecular formula is C17H25NO3. The van der Waals surface area contributed by atoms with E-state index in [0.717, 1.165) is 11.3 Å². The molecule has 0 aromatic heterocycles. The van der Waals surface area contributed by atoms with E-state index in [9.17, 15) is 5.11 Å². The second kappa shape index (κ2) is 9.41. The Hall–Kier alpha value is -1.54. The molecule has 0 amide bonds. The second-order valence-electron chi connectivity index (χ2n) is 4.56. The summed E-state index contributed by atoms with van der Waals surface area (Å²) < 4.78 is 10.7. The predicted molar refractivity (Wildman–Crippen MR) is 84.2 cm³/mol. The highest BCUT2D eigenvalue weighted by Crippen LogP contribution is 2.19. The Morgan fingerprint density at radius 1 is 1.33 bits per heavy atom. The van der Waals surface area contributed by atoms with Gasteiger partial charge >= 0.3 is 0 Å². The number of benzene rings is 1. The molecule has 4 heteroatoms. The molecule has 116 valence electrons. The molecule has 4 nitrogen and oxygen atoms in total. The molecule has 2 rings (SSSR count). The zero-order valence-electron chi connectivity index (χ0n) is 12.9. The molecule has 1 aromatic rings. The van der Waals surface area contributed by atoms with Crippen LogP contribution in [0.15, 0.2) is 24.3 Å². The topological polar surface area (TPSA) is 64.7 Å². The Balaban J connectivity index is 0.00000106. The second-order valence-corrected chi connectivity index (χ2v) is 4.56. The van der Waals surface area contributed by atoms with Gasteiger partial charge in [0.25, 0.3) is 0 Å². The smallest absolute Gasteiger partial charge is 0.130 e. The van der Waals surface area contributed by atoms with Gasteiger partial charge < -0.3 is 20.3 Å². The summed E-state index contributed by atoms with van der Waals surface area (Å²) in [6, 6.07) is 7.49. The van der Waals surface area contributed by atoms with Gasteiger partial charge in [-0.1, -0.05) is 31.8 Å². The maximum absolute atomic E-state index is 10.2. The quantitative estimate of drug-likeness (QED) is 0.835. The number of hydrogen-bond acceptors (Lipinski definition) is 4. The van der Waals surface area contributed by atoms with Crippen LogP contribution in [0.2, 0.25) is 0 Å². The molecule has 0 radical (unpaired) electrons. The summed E-state index contributed by atoms with van der Waals surface area (Å²) >= 11 is 0. The first kappa shape index (κ1) is 17.5. The van der Waals surface area contributed by atoms with Crippen molar-refractivity contribution in [3.63, 3.8) is 0 Å². The van der Waals surface area contributed by atoms with E-state index >= 15 is 0 Å². The lowest BCUT2D eigenvalue weighted by molar-refractivity contribution is -0.0261. The molecule has 1 aromatic carbocycles. The van der Waals surface area contributed by atoms with Crippen molar-refractivity contribution in [1.82, 2.24) is 0 Å². The van der Waals surface area contributed by atoms with Gasteiger partial charge in [-0.05, 0) is 18.2 Å². The van der Waals surface area contributed by atoms with Crippen molar-refractivity contribution < 1.29 is 14.6 Å². The normalized spacial score (nSPS) is 16.0. The van der Waals surface area contributed by atoms with E-state index < -0.39 is 5.60 Å². The summed E-state index contributed by atoms with van der Waals surface area (Å²) in [4.78, 5) is 0. The van der Waals surface area contributed by atoms with Crippen LogP contribution in [0.25, 0.3) is 0 Å². The van der Waals surface area contributed by atoms with Gasteiger partial charge in [-0.25, -0.2) is 0 Å². The standard InChI is InChI=1S/C15H19NO3.C2H6/c16-8-11-19-14-3-1-2-13(12-14)4-5-15(17)6-9-18-10-7-15;1-2/h1-3,12,17H,6-11,16H2;1-2H3. The zero-order chi connectivity index (χ0) is 15.6. The SMILES string of the molecule is CC.NCCOc1cccc(C#CC2(O)CCOCC2)c1. The number of ether oxygens (including phenoxy) is 2. The minimum atomic E-state index is -0.924. The molecule has 1 fully saturated rings. The van der Waals surface area contributed by atoms with E-state index in [4.69, 9.17) is 15.2 Å². The predicted octanol–water partition coefficient (Wildman–Crippen LogP) is 1.94. The van der Waals surface area contributed by atoms with Crippen LogP contribution in [0, 0.1) is 11.8 Å². The third-order valence-corrected chi connectivity index (χ3v) is 2.98. The van der Waals surface area contributed by atoms with E-state index in [1.54, 1.807) is 0 Å². The molecular weight excluding hydrogens is 266 g/mol. The van der Waals surface area contributed by atoms with Crippen molar-refractivity contribution in [3.8, 4) is 17.6 Å². The fourth-order valence-electron chi connectivity index (χ4n) is 1.86. The third-order valence-electron chi connectivity index (χ3n) is 2.98. The summed E-state index contributed by atoms with van der Waals surface area (Å²) in [6.07, 6.45) is 1.12. The van der Waals surface area contributed by atoms with Crippen molar-refractivity contribution in [2.75, 3.05) is 26.4 Å². The first-order valence-corrected chi connectivity index (χ1v) is 7.48. The summed E-state index contributed by atoms with van der Waals surface area (Å²) in [6.45, 7) is 6.09. The van der Waals surface area contributed by atoms with Crippen LogP contribution in [0.3, 0.4) is 0 Å². The average Bonchev–Trinajstić information content (AvgIpc) is 2.54. The van der Waals surface area contributed by atoms with E-state index in [0.29, 0.717) is 39.2 Å². The Morgan fingerprint density at radius 3 is 2.71 bits per heavy atom. The van der Waals surface area contributed by atoms with Crippen molar-refractivity contribution in [2.45, 2.75) is 32.3 Å². The third kappa shape index (κ3) is 6.17. The summed E-state index contributed by atoms with van der Waals surface area (Å²) in [7, 11) is 0. The molecule has 0 bridgehead atoms. The van der Waals surface area contributed by atoms with Gasteiger partial charge in [-0.15, -0.1) is 0 Å². The Labute approximate surface area is 127 Å². The Kier molecular flexibility index (Phi) is 7.84. The number of rotatable bonds is 3. The fourth-order valence-corrected chi connectivity index (χ4v) is 1.86. The maximum atomic E-state index is 10.2. The molecule has 1 aliphatic heterocycles. The van der Waals surface area contributed by atoms with E-state index in [2.05, 4.69) is 11.8 Å². The molecule has 3 N–H and O–H groups in total. The Bertz CT molecular complexity index is 470. The van der Waals surface area contributed by atoms with E-state index in [1.165, 1.54) is 0 Å². The van der Waals surface area contributed by atoms with Gasteiger partial charge in [0.1, 0.15) is 18.0 Å². The van der Waals surface area contributed by atoms with Crippen molar-refractivity contribution >= 4 is 0 Å². The van der Waals surface area contributed by atoms with Gasteiger partial charge in [-0.3, -0.25) is 0 Å². The molecule has 1 saturated heterocycles. The molecule has 1 heterocycles. The Morgan fingerprint density at radius 2 is 2.05 bits per heavy atom. The first-order valence-electron chi connectivity index (χ1n) is 7.48. The summed E-state index contributed by atoms with van der Waals surface area (Å²) in [5.74, 6) is 6.69. The van der Waals surface area contributed by atoms with Gasteiger partial charge in [0.2, 0.25) is 0 Å². The van der Waals surface area contributed by atoms with Crippen LogP contribution in [-0.2, 0) is 4.74 Å². The van der Waals surface area contributed by atoms with Gasteiger partial charge in [0, 0.05) is 24.9 Å². The van der Waals surface area contributed by atoms with Crippen LogP contribution in [-0.4, -0.2) is 37.1 Å². The fraction of sp³-hybridized carbons (Fsp3) is 0.529. The lowest BCUT2D eigenvalue weighted by Gasteiger charge is -2.26. The average molecular weight is 291 g/mol. The van der Waals surface area contributed by atoms with Crippen LogP contribution < -0.4 is 10.5 Å². The zero-order valence-corrected chi connectivity index (χ0v) is 12.9. The summed E-state index contributed by atoms with van der Waals surface area (Å²) in [5.41, 5.74) is 5.29. The summed E-state index contributed by atoms with van der Waals surface area (Å²) in [5, 5.41) is 10.2. The highest BCUT2D eigenvalue weighted by Gasteiger charge is 2.27. The molecule has 0 saturated carbocycles. The van der Waals surface area contributed by atoms with Crippen LogP contribution in [0.4, 0.5) is 0 Å². The molecule has 0 atom stereocenters.